The number of amides is 1. The molecule has 1 atom stereocenters. The number of alkyl carbamates (subject to hydrolysis) is 1. The summed E-state index contributed by atoms with van der Waals surface area (Å²) in [4.78, 5) is 14.3. The van der Waals surface area contributed by atoms with Crippen LogP contribution in [0.1, 0.15) is 11.1 Å². The molecule has 1 aliphatic heterocycles. The lowest BCUT2D eigenvalue weighted by Gasteiger charge is -2.33. The second-order valence-electron chi connectivity index (χ2n) is 6.39. The lowest BCUT2D eigenvalue weighted by atomic mass is 10.0. The smallest absolute Gasteiger partial charge is 0.407 e. The number of carbonyl (C=O) groups excluding carboxylic acids is 1. The molecule has 1 aliphatic rings. The van der Waals surface area contributed by atoms with Gasteiger partial charge in [-0.3, -0.25) is 0 Å². The van der Waals surface area contributed by atoms with Gasteiger partial charge in [0.15, 0.2) is 0 Å². The number of quaternary nitrogens is 1. The van der Waals surface area contributed by atoms with Crippen molar-refractivity contribution in [2.75, 3.05) is 27.2 Å². The molecule has 22 heavy (non-hydrogen) atoms. The summed E-state index contributed by atoms with van der Waals surface area (Å²) in [7, 11) is 3.31. The second kappa shape index (κ2) is 5.62. The van der Waals surface area contributed by atoms with Crippen LogP contribution in [0.15, 0.2) is 24.4 Å². The lowest BCUT2D eigenvalue weighted by molar-refractivity contribution is -0.839. The predicted octanol–water partition coefficient (Wildman–Crippen LogP) is 1.94. The molecule has 1 saturated heterocycles. The van der Waals surface area contributed by atoms with Crippen LogP contribution < -0.4 is 5.32 Å². The van der Waals surface area contributed by atoms with E-state index in [1.807, 2.05) is 12.3 Å². The highest BCUT2D eigenvalue weighted by Gasteiger charge is 2.22. The van der Waals surface area contributed by atoms with Crippen LogP contribution >= 0.6 is 0 Å². The number of nitrogens with zero attached hydrogens (tertiary/aromatic N) is 1. The third kappa shape index (κ3) is 3.40. The van der Waals surface area contributed by atoms with Gasteiger partial charge in [0.2, 0.25) is 0 Å². The van der Waals surface area contributed by atoms with Crippen LogP contribution in [0.5, 0.6) is 0 Å². The summed E-state index contributed by atoms with van der Waals surface area (Å²) in [5.41, 5.74) is 3.38. The molecule has 1 unspecified atom stereocenters. The average molecular weight is 303 g/mol. The molecule has 0 saturated carbocycles. The number of H-pyrrole nitrogens is 1. The highest BCUT2D eigenvalue weighted by Crippen LogP contribution is 2.22. The largest absolute Gasteiger partial charge is 0.633 e. The lowest BCUT2D eigenvalue weighted by Crippen LogP contribution is -2.34. The maximum absolute atomic E-state index is 11.7. The normalized spacial score (nSPS) is 18.5. The molecule has 1 amide bonds. The molecule has 0 bridgehead atoms. The van der Waals surface area contributed by atoms with Gasteiger partial charge in [0.05, 0.1) is 26.7 Å². The van der Waals surface area contributed by atoms with Crippen molar-refractivity contribution in [2.24, 2.45) is 0 Å². The molecule has 1 aromatic heterocycles. The molecule has 2 aromatic rings. The first kappa shape index (κ1) is 14.9. The first-order valence-electron chi connectivity index (χ1n) is 7.47. The van der Waals surface area contributed by atoms with Crippen molar-refractivity contribution in [3.8, 4) is 0 Å². The van der Waals surface area contributed by atoms with Crippen molar-refractivity contribution in [1.29, 1.82) is 0 Å². The van der Waals surface area contributed by atoms with Crippen molar-refractivity contribution >= 4 is 17.0 Å². The Morgan fingerprint density at radius 1 is 1.41 bits per heavy atom. The number of likely N-dealkylation sites (N-methyl/N-ethyl adjacent to an activating group) is 1. The summed E-state index contributed by atoms with van der Waals surface area (Å²) in [6.07, 6.45) is 3.12. The average Bonchev–Trinajstić information content (AvgIpc) is 3.02. The van der Waals surface area contributed by atoms with E-state index in [1.54, 1.807) is 14.1 Å². The van der Waals surface area contributed by atoms with Crippen LogP contribution in [0.2, 0.25) is 0 Å². The van der Waals surface area contributed by atoms with E-state index in [0.717, 1.165) is 34.9 Å². The van der Waals surface area contributed by atoms with Gasteiger partial charge in [-0.15, -0.1) is 0 Å². The first-order valence-corrected chi connectivity index (χ1v) is 7.47. The Labute approximate surface area is 129 Å². The van der Waals surface area contributed by atoms with E-state index in [2.05, 4.69) is 22.4 Å². The maximum Gasteiger partial charge on any atom is 0.407 e. The summed E-state index contributed by atoms with van der Waals surface area (Å²) >= 11 is 0. The number of carbonyl (C=O) groups is 1. The number of hydrogen-bond acceptors (Lipinski definition) is 3. The summed E-state index contributed by atoms with van der Waals surface area (Å²) in [5, 5.41) is 15.7. The molecule has 118 valence electrons. The van der Waals surface area contributed by atoms with Gasteiger partial charge in [0, 0.05) is 23.5 Å². The van der Waals surface area contributed by atoms with E-state index >= 15 is 0 Å². The number of aromatic nitrogens is 1. The molecule has 0 spiro atoms. The molecular formula is C16H21N3O3. The summed E-state index contributed by atoms with van der Waals surface area (Å²) in [6.45, 7) is 0.961. The molecule has 0 aliphatic carbocycles. The third-order valence-corrected chi connectivity index (χ3v) is 3.97. The van der Waals surface area contributed by atoms with Crippen molar-refractivity contribution < 1.29 is 14.2 Å². The van der Waals surface area contributed by atoms with E-state index in [1.165, 1.54) is 0 Å². The number of benzene rings is 1. The summed E-state index contributed by atoms with van der Waals surface area (Å²) < 4.78 is 4.62. The van der Waals surface area contributed by atoms with Crippen LogP contribution in [-0.4, -0.2) is 49.0 Å². The molecule has 6 heteroatoms. The molecular weight excluding hydrogens is 282 g/mol. The molecule has 2 heterocycles. The highest BCUT2D eigenvalue weighted by atomic mass is 16.6. The Kier molecular flexibility index (Phi) is 3.80. The van der Waals surface area contributed by atoms with Crippen molar-refractivity contribution in [2.45, 2.75) is 18.9 Å². The van der Waals surface area contributed by atoms with Gasteiger partial charge in [-0.05, 0) is 29.7 Å². The van der Waals surface area contributed by atoms with Gasteiger partial charge in [-0.2, -0.15) is 0 Å². The van der Waals surface area contributed by atoms with Crippen LogP contribution in [0.3, 0.4) is 0 Å². The molecule has 0 radical (unpaired) electrons. The Bertz CT molecular complexity index is 687. The highest BCUT2D eigenvalue weighted by molar-refractivity contribution is 5.84. The SMILES string of the molecule is C[N+](C)([O-])CCc1c[nH]c2ccc(CC3COC(=O)N3)cc12. The topological polar surface area (TPSA) is 77.2 Å². The zero-order valence-electron chi connectivity index (χ0n) is 12.9. The van der Waals surface area contributed by atoms with Gasteiger partial charge in [-0.1, -0.05) is 6.07 Å². The number of rotatable bonds is 5. The molecule has 6 nitrogen and oxygen atoms in total. The first-order chi connectivity index (χ1) is 10.4. The fourth-order valence-electron chi connectivity index (χ4n) is 2.77. The van der Waals surface area contributed by atoms with Gasteiger partial charge >= 0.3 is 6.09 Å². The summed E-state index contributed by atoms with van der Waals surface area (Å²) in [5.74, 6) is 0. The van der Waals surface area contributed by atoms with Crippen LogP contribution in [0.25, 0.3) is 10.9 Å². The Balaban J connectivity index is 1.77. The predicted molar refractivity (Wildman–Crippen MR) is 84.3 cm³/mol. The minimum atomic E-state index is -0.344. The van der Waals surface area contributed by atoms with Crippen molar-refractivity contribution in [3.05, 3.63) is 40.7 Å². The standard InChI is InChI=1S/C16H21N3O3/c1-19(2,21)6-5-12-9-17-15-4-3-11(8-14(12)15)7-13-10-22-16(20)18-13/h3-4,8-9,13,17H,5-7,10H2,1-2H3,(H,18,20). The Morgan fingerprint density at radius 2 is 2.23 bits per heavy atom. The molecule has 1 aromatic carbocycles. The van der Waals surface area contributed by atoms with E-state index in [4.69, 9.17) is 4.74 Å². The third-order valence-electron chi connectivity index (χ3n) is 3.97. The zero-order valence-corrected chi connectivity index (χ0v) is 12.9. The van der Waals surface area contributed by atoms with Gasteiger partial charge in [0.1, 0.15) is 6.61 Å². The van der Waals surface area contributed by atoms with Gasteiger partial charge < -0.3 is 24.9 Å². The fraction of sp³-hybridized carbons (Fsp3) is 0.438. The van der Waals surface area contributed by atoms with Crippen LogP contribution in [0, 0.1) is 5.21 Å². The molecule has 2 N–H and O–H groups in total. The Hall–Kier alpha value is -2.05. The molecule has 3 rings (SSSR count). The number of hydrogen-bond donors (Lipinski definition) is 2. The van der Waals surface area contributed by atoms with Crippen LogP contribution in [-0.2, 0) is 17.6 Å². The van der Waals surface area contributed by atoms with E-state index in [-0.39, 0.29) is 16.8 Å². The number of aromatic amines is 1. The summed E-state index contributed by atoms with van der Waals surface area (Å²) in [6, 6.07) is 6.27. The number of fused-ring (bicyclic) bond motifs is 1. The maximum atomic E-state index is 11.7. The van der Waals surface area contributed by atoms with Crippen molar-refractivity contribution in [1.82, 2.24) is 10.3 Å². The fourth-order valence-corrected chi connectivity index (χ4v) is 2.77. The number of nitrogens with one attached hydrogen (secondary N) is 2. The second-order valence-corrected chi connectivity index (χ2v) is 6.39. The number of hydroxylamine groups is 3. The van der Waals surface area contributed by atoms with E-state index in [0.29, 0.717) is 13.2 Å². The zero-order chi connectivity index (χ0) is 15.7. The number of cyclic esters (lactones) is 1. The molecule has 1 fully saturated rings. The Morgan fingerprint density at radius 3 is 2.91 bits per heavy atom. The monoisotopic (exact) mass is 303 g/mol. The van der Waals surface area contributed by atoms with Gasteiger partial charge in [-0.25, -0.2) is 4.79 Å². The quantitative estimate of drug-likeness (QED) is 0.654. The van der Waals surface area contributed by atoms with Crippen molar-refractivity contribution in [3.63, 3.8) is 0 Å². The van der Waals surface area contributed by atoms with Crippen LogP contribution in [0.4, 0.5) is 4.79 Å². The minimum Gasteiger partial charge on any atom is -0.633 e. The minimum absolute atomic E-state index is 0.0320. The van der Waals surface area contributed by atoms with E-state index in [9.17, 15) is 10.0 Å². The van der Waals surface area contributed by atoms with E-state index < -0.39 is 0 Å². The number of ether oxygens (including phenoxy) is 1. The van der Waals surface area contributed by atoms with Gasteiger partial charge in [0.25, 0.3) is 0 Å².